The third kappa shape index (κ3) is 3.43. The minimum absolute atomic E-state index is 0.181. The van der Waals surface area contributed by atoms with Crippen molar-refractivity contribution in [2.24, 2.45) is 12.9 Å². The first-order chi connectivity index (χ1) is 9.10. The van der Waals surface area contributed by atoms with E-state index in [1.54, 1.807) is 0 Å². The molecule has 102 valence electrons. The van der Waals surface area contributed by atoms with Crippen LogP contribution in [0.15, 0.2) is 30.6 Å². The zero-order valence-corrected chi connectivity index (χ0v) is 11.9. The topological polar surface area (TPSA) is 55.9 Å². The third-order valence-corrected chi connectivity index (χ3v) is 3.49. The van der Waals surface area contributed by atoms with E-state index in [2.05, 4.69) is 48.8 Å². The third-order valence-electron chi connectivity index (χ3n) is 3.49. The second kappa shape index (κ2) is 5.99. The molecule has 0 bridgehead atoms. The van der Waals surface area contributed by atoms with Gasteiger partial charge in [0.2, 0.25) is 0 Å². The minimum atomic E-state index is 0.181. The lowest BCUT2D eigenvalue weighted by Gasteiger charge is -2.19. The molecule has 0 spiro atoms. The molecule has 3 N–H and O–H groups in total. The molecule has 2 aromatic rings. The number of aryl methyl sites for hydroxylation is 4. The van der Waals surface area contributed by atoms with E-state index in [1.807, 2.05) is 17.9 Å². The number of hydrogen-bond donors (Lipinski definition) is 2. The van der Waals surface area contributed by atoms with Crippen molar-refractivity contribution in [3.8, 4) is 0 Å². The van der Waals surface area contributed by atoms with Crippen LogP contribution in [0.4, 0.5) is 0 Å². The van der Waals surface area contributed by atoms with Gasteiger partial charge in [0.1, 0.15) is 0 Å². The van der Waals surface area contributed by atoms with Crippen LogP contribution in [-0.4, -0.2) is 9.78 Å². The van der Waals surface area contributed by atoms with Gasteiger partial charge in [0.25, 0.3) is 0 Å². The summed E-state index contributed by atoms with van der Waals surface area (Å²) in [7, 11) is 1.94. The highest BCUT2D eigenvalue weighted by molar-refractivity contribution is 5.33. The van der Waals surface area contributed by atoms with Crippen LogP contribution in [0.2, 0.25) is 0 Å². The molecule has 1 atom stereocenters. The van der Waals surface area contributed by atoms with Gasteiger partial charge in [-0.15, -0.1) is 0 Å². The molecule has 1 unspecified atom stereocenters. The van der Waals surface area contributed by atoms with Crippen molar-refractivity contribution in [3.63, 3.8) is 0 Å². The Morgan fingerprint density at radius 1 is 1.37 bits per heavy atom. The van der Waals surface area contributed by atoms with Crippen LogP contribution in [0.3, 0.4) is 0 Å². The number of nitrogens with one attached hydrogen (secondary N) is 1. The molecule has 0 aliphatic carbocycles. The Kier molecular flexibility index (Phi) is 4.35. The lowest BCUT2D eigenvalue weighted by atomic mass is 9.95. The normalized spacial score (nSPS) is 12.6. The Hall–Kier alpha value is -1.65. The van der Waals surface area contributed by atoms with E-state index in [1.165, 1.54) is 22.3 Å². The number of nitrogens with two attached hydrogens (primary N) is 1. The Balaban J connectivity index is 2.09. The molecule has 1 aromatic heterocycles. The van der Waals surface area contributed by atoms with E-state index in [-0.39, 0.29) is 6.04 Å². The average molecular weight is 258 g/mol. The maximum Gasteiger partial charge on any atom is 0.0521 e. The van der Waals surface area contributed by atoms with Gasteiger partial charge in [0.15, 0.2) is 0 Å². The van der Waals surface area contributed by atoms with E-state index < -0.39 is 0 Å². The van der Waals surface area contributed by atoms with Crippen molar-refractivity contribution >= 4 is 0 Å². The molecular weight excluding hydrogens is 236 g/mol. The van der Waals surface area contributed by atoms with Crippen LogP contribution in [0.5, 0.6) is 0 Å². The van der Waals surface area contributed by atoms with Crippen molar-refractivity contribution < 1.29 is 0 Å². The second-order valence-electron chi connectivity index (χ2n) is 5.14. The first-order valence-electron chi connectivity index (χ1n) is 6.61. The SMILES string of the molecule is Cc1ccc(C)c(C(CCc2cnn(C)c2)NN)c1. The largest absolute Gasteiger partial charge is 0.276 e. The second-order valence-corrected chi connectivity index (χ2v) is 5.14. The van der Waals surface area contributed by atoms with Gasteiger partial charge in [0.05, 0.1) is 6.20 Å². The predicted molar refractivity (Wildman–Crippen MR) is 77.5 cm³/mol. The van der Waals surface area contributed by atoms with Crippen molar-refractivity contribution in [3.05, 3.63) is 52.8 Å². The molecule has 0 fully saturated rings. The summed E-state index contributed by atoms with van der Waals surface area (Å²) in [6.07, 6.45) is 5.90. The predicted octanol–water partition coefficient (Wildman–Crippen LogP) is 2.17. The maximum absolute atomic E-state index is 5.72. The van der Waals surface area contributed by atoms with Crippen LogP contribution in [0.1, 0.15) is 34.7 Å². The van der Waals surface area contributed by atoms with Crippen LogP contribution >= 0.6 is 0 Å². The summed E-state index contributed by atoms with van der Waals surface area (Å²) in [5.41, 5.74) is 8.01. The molecule has 0 radical (unpaired) electrons. The molecule has 0 aliphatic rings. The first-order valence-corrected chi connectivity index (χ1v) is 6.61. The molecule has 4 heteroatoms. The van der Waals surface area contributed by atoms with Gasteiger partial charge >= 0.3 is 0 Å². The van der Waals surface area contributed by atoms with Crippen LogP contribution in [0.25, 0.3) is 0 Å². The fourth-order valence-corrected chi connectivity index (χ4v) is 2.38. The van der Waals surface area contributed by atoms with Gasteiger partial charge in [0, 0.05) is 19.3 Å². The number of hydrogen-bond acceptors (Lipinski definition) is 3. The monoisotopic (exact) mass is 258 g/mol. The number of rotatable bonds is 5. The van der Waals surface area contributed by atoms with Gasteiger partial charge in [-0.3, -0.25) is 16.0 Å². The van der Waals surface area contributed by atoms with Crippen molar-refractivity contribution in [1.29, 1.82) is 0 Å². The summed E-state index contributed by atoms with van der Waals surface area (Å²) in [5, 5.41) is 4.19. The smallest absolute Gasteiger partial charge is 0.0521 e. The summed E-state index contributed by atoms with van der Waals surface area (Å²) in [4.78, 5) is 0. The highest BCUT2D eigenvalue weighted by Crippen LogP contribution is 2.23. The Bertz CT molecular complexity index is 545. The number of hydrazine groups is 1. The molecule has 0 saturated carbocycles. The van der Waals surface area contributed by atoms with Crippen LogP contribution in [0, 0.1) is 13.8 Å². The lowest BCUT2D eigenvalue weighted by Crippen LogP contribution is -2.29. The molecule has 0 saturated heterocycles. The quantitative estimate of drug-likeness (QED) is 0.638. The molecule has 4 nitrogen and oxygen atoms in total. The number of benzene rings is 1. The Morgan fingerprint density at radius 2 is 2.16 bits per heavy atom. The first kappa shape index (κ1) is 13.8. The summed E-state index contributed by atoms with van der Waals surface area (Å²) in [6.45, 7) is 4.24. The average Bonchev–Trinajstić information content (AvgIpc) is 2.80. The number of aromatic nitrogens is 2. The lowest BCUT2D eigenvalue weighted by molar-refractivity contribution is 0.514. The van der Waals surface area contributed by atoms with Gasteiger partial charge in [-0.25, -0.2) is 0 Å². The molecule has 2 rings (SSSR count). The van der Waals surface area contributed by atoms with E-state index in [9.17, 15) is 0 Å². The highest BCUT2D eigenvalue weighted by Gasteiger charge is 2.13. The van der Waals surface area contributed by atoms with Crippen LogP contribution < -0.4 is 11.3 Å². The van der Waals surface area contributed by atoms with Gasteiger partial charge in [-0.1, -0.05) is 23.8 Å². The fraction of sp³-hybridized carbons (Fsp3) is 0.400. The zero-order valence-electron chi connectivity index (χ0n) is 11.9. The summed E-state index contributed by atoms with van der Waals surface area (Å²) >= 11 is 0. The minimum Gasteiger partial charge on any atom is -0.276 e. The molecular formula is C15H22N4. The summed E-state index contributed by atoms with van der Waals surface area (Å²) in [5.74, 6) is 5.72. The van der Waals surface area contributed by atoms with E-state index >= 15 is 0 Å². The van der Waals surface area contributed by atoms with Crippen molar-refractivity contribution in [2.45, 2.75) is 32.7 Å². The summed E-state index contributed by atoms with van der Waals surface area (Å²) in [6, 6.07) is 6.68. The van der Waals surface area contributed by atoms with Crippen molar-refractivity contribution in [1.82, 2.24) is 15.2 Å². The fourth-order valence-electron chi connectivity index (χ4n) is 2.38. The van der Waals surface area contributed by atoms with E-state index in [0.29, 0.717) is 0 Å². The Labute approximate surface area is 114 Å². The maximum atomic E-state index is 5.72. The van der Waals surface area contributed by atoms with Gasteiger partial charge < -0.3 is 0 Å². The zero-order chi connectivity index (χ0) is 13.8. The molecule has 19 heavy (non-hydrogen) atoms. The Morgan fingerprint density at radius 3 is 2.79 bits per heavy atom. The standard InChI is InChI=1S/C15H22N4/c1-11-4-5-12(2)14(8-11)15(18-16)7-6-13-9-17-19(3)10-13/h4-5,8-10,15,18H,6-7,16H2,1-3H3. The molecule has 0 aliphatic heterocycles. The van der Waals surface area contributed by atoms with Gasteiger partial charge in [-0.05, 0) is 43.4 Å². The van der Waals surface area contributed by atoms with E-state index in [0.717, 1.165) is 12.8 Å². The number of nitrogens with zero attached hydrogens (tertiary/aromatic N) is 2. The highest BCUT2D eigenvalue weighted by atomic mass is 15.2. The van der Waals surface area contributed by atoms with Crippen LogP contribution in [-0.2, 0) is 13.5 Å². The van der Waals surface area contributed by atoms with Crippen molar-refractivity contribution in [2.75, 3.05) is 0 Å². The molecule has 1 heterocycles. The van der Waals surface area contributed by atoms with E-state index in [4.69, 9.17) is 5.84 Å². The van der Waals surface area contributed by atoms with Gasteiger partial charge in [-0.2, -0.15) is 5.10 Å². The molecule has 0 amide bonds. The summed E-state index contributed by atoms with van der Waals surface area (Å²) < 4.78 is 1.83. The molecule has 1 aromatic carbocycles.